The molecule has 0 aromatic heterocycles. The number of hydrogen-bond donors (Lipinski definition) is 2. The normalized spacial score (nSPS) is 9.96. The summed E-state index contributed by atoms with van der Waals surface area (Å²) in [6.07, 6.45) is 12.1. The van der Waals surface area contributed by atoms with Gasteiger partial charge in [0.25, 0.3) is 0 Å². The Bertz CT molecular complexity index is 348. The number of carboxylic acid groups (broad SMARTS) is 1. The Morgan fingerprint density at radius 3 is 1.50 bits per heavy atom. The molecule has 0 aliphatic heterocycles. The molecule has 0 rings (SSSR count). The Morgan fingerprint density at radius 1 is 0.875 bits per heavy atom. The van der Waals surface area contributed by atoms with E-state index < -0.39 is 16.4 Å². The molecule has 4 N–H and O–H groups in total. The molecular weight excluding hydrogens is 347 g/mol. The molecule has 0 spiro atoms. The Labute approximate surface area is 169 Å². The van der Waals surface area contributed by atoms with E-state index in [1.54, 1.807) is 6.92 Å². The van der Waals surface area contributed by atoms with Crippen LogP contribution in [-0.2, 0) is 19.4 Å². The van der Waals surface area contributed by atoms with Crippen molar-refractivity contribution >= 4 is 45.9 Å². The van der Waals surface area contributed by atoms with Crippen molar-refractivity contribution in [3.8, 4) is 0 Å². The van der Waals surface area contributed by atoms with Crippen molar-refractivity contribution in [1.82, 2.24) is 0 Å². The SMILES string of the molecule is CCC(=O)O.CCCCCCCCCCCCOS(=O)(=O)O.O.[NaH]. The van der Waals surface area contributed by atoms with Crippen LogP contribution in [0.2, 0.25) is 0 Å². The van der Waals surface area contributed by atoms with Crippen molar-refractivity contribution in [2.45, 2.75) is 84.5 Å². The molecule has 0 atom stereocenters. The van der Waals surface area contributed by atoms with Crippen LogP contribution < -0.4 is 0 Å². The Morgan fingerprint density at radius 2 is 1.21 bits per heavy atom. The van der Waals surface area contributed by atoms with Gasteiger partial charge in [0.1, 0.15) is 0 Å². The fourth-order valence-electron chi connectivity index (χ4n) is 1.75. The van der Waals surface area contributed by atoms with Crippen molar-refractivity contribution in [2.75, 3.05) is 6.61 Å². The molecule has 24 heavy (non-hydrogen) atoms. The zero-order valence-electron chi connectivity index (χ0n) is 14.4. The number of hydrogen-bond acceptors (Lipinski definition) is 4. The second kappa shape index (κ2) is 23.3. The molecule has 0 unspecified atom stereocenters. The van der Waals surface area contributed by atoms with Crippen LogP contribution >= 0.6 is 0 Å². The predicted molar refractivity (Wildman–Crippen MR) is 98.0 cm³/mol. The molecule has 0 saturated heterocycles. The van der Waals surface area contributed by atoms with Gasteiger partial charge < -0.3 is 10.6 Å². The Balaban J connectivity index is -0.000000250. The summed E-state index contributed by atoms with van der Waals surface area (Å²) in [5.41, 5.74) is 0. The van der Waals surface area contributed by atoms with Gasteiger partial charge in [-0.1, -0.05) is 71.6 Å². The van der Waals surface area contributed by atoms with Crippen LogP contribution in [0.5, 0.6) is 0 Å². The topological polar surface area (TPSA) is 132 Å². The van der Waals surface area contributed by atoms with E-state index in [1.807, 2.05) is 0 Å². The zero-order chi connectivity index (χ0) is 17.3. The average Bonchev–Trinajstić information content (AvgIpc) is 2.44. The quantitative estimate of drug-likeness (QED) is 0.286. The third kappa shape index (κ3) is 38.1. The molecule has 0 aliphatic carbocycles. The number of carboxylic acids is 1. The molecule has 9 heteroatoms. The second-order valence-electron chi connectivity index (χ2n) is 5.18. The van der Waals surface area contributed by atoms with E-state index in [4.69, 9.17) is 9.66 Å². The van der Waals surface area contributed by atoms with E-state index >= 15 is 0 Å². The molecule has 0 bridgehead atoms. The van der Waals surface area contributed by atoms with Gasteiger partial charge in [-0.15, -0.1) is 0 Å². The van der Waals surface area contributed by atoms with Gasteiger partial charge in [-0.05, 0) is 6.42 Å². The number of carbonyl (C=O) groups is 1. The van der Waals surface area contributed by atoms with Crippen molar-refractivity contribution in [3.63, 3.8) is 0 Å². The summed E-state index contributed by atoms with van der Waals surface area (Å²) in [5, 5.41) is 7.72. The van der Waals surface area contributed by atoms with Crippen LogP contribution in [0.15, 0.2) is 0 Å². The van der Waals surface area contributed by atoms with Crippen LogP contribution in [0, 0.1) is 0 Å². The standard InChI is InChI=1S/C12H26O4S.C3H6O2.Na.H2O.H/c1-2-3-4-5-6-7-8-9-10-11-12-16-17(13,14)15;1-2-3(4)5;;;/h2-12H2,1H3,(H,13,14,15);2H2,1H3,(H,4,5);;1H2;. The first-order chi connectivity index (χ1) is 10.3. The van der Waals surface area contributed by atoms with Gasteiger partial charge in [-0.3, -0.25) is 9.35 Å². The zero-order valence-corrected chi connectivity index (χ0v) is 15.2. The Kier molecular flexibility index (Phi) is 31.1. The molecule has 0 fully saturated rings. The monoisotopic (exact) mass is 382 g/mol. The van der Waals surface area contributed by atoms with Crippen molar-refractivity contribution < 1.29 is 32.5 Å². The van der Waals surface area contributed by atoms with Gasteiger partial charge in [-0.2, -0.15) is 8.42 Å². The molecule has 0 aliphatic rings. The fraction of sp³-hybridized carbons (Fsp3) is 0.933. The summed E-state index contributed by atoms with van der Waals surface area (Å²) in [7, 11) is -4.23. The number of aliphatic carboxylic acids is 1. The third-order valence-electron chi connectivity index (χ3n) is 3.03. The summed E-state index contributed by atoms with van der Waals surface area (Å²) >= 11 is 0. The Hall–Kier alpha value is 0.300. The molecule has 0 aromatic rings. The van der Waals surface area contributed by atoms with Crippen molar-refractivity contribution in [2.24, 2.45) is 0 Å². The minimum atomic E-state index is -4.23. The fourth-order valence-corrected chi connectivity index (χ4v) is 2.08. The molecular formula is C15H35NaO7S. The molecule has 7 nitrogen and oxygen atoms in total. The molecule has 0 saturated carbocycles. The third-order valence-corrected chi connectivity index (χ3v) is 3.50. The van der Waals surface area contributed by atoms with Gasteiger partial charge in [0.15, 0.2) is 0 Å². The minimum absolute atomic E-state index is 0. The predicted octanol–water partition coefficient (Wildman–Crippen LogP) is 2.73. The van der Waals surface area contributed by atoms with Crippen molar-refractivity contribution in [1.29, 1.82) is 0 Å². The van der Waals surface area contributed by atoms with E-state index in [9.17, 15) is 13.2 Å². The van der Waals surface area contributed by atoms with E-state index in [1.165, 1.54) is 44.9 Å². The molecule has 144 valence electrons. The summed E-state index contributed by atoms with van der Waals surface area (Å²) in [6, 6.07) is 0. The molecule has 0 aromatic carbocycles. The molecule has 0 heterocycles. The van der Waals surface area contributed by atoms with Gasteiger partial charge in [0.2, 0.25) is 0 Å². The van der Waals surface area contributed by atoms with Crippen molar-refractivity contribution in [3.05, 3.63) is 0 Å². The first-order valence-electron chi connectivity index (χ1n) is 8.17. The molecule has 0 radical (unpaired) electrons. The van der Waals surface area contributed by atoms with E-state index in [2.05, 4.69) is 11.1 Å². The van der Waals surface area contributed by atoms with Crippen LogP contribution in [-0.4, -0.2) is 65.7 Å². The van der Waals surface area contributed by atoms with Crippen LogP contribution in [0.25, 0.3) is 0 Å². The summed E-state index contributed by atoms with van der Waals surface area (Å²) in [5.74, 6) is -0.745. The average molecular weight is 382 g/mol. The first kappa shape index (κ1) is 32.0. The number of unbranched alkanes of at least 4 members (excludes halogenated alkanes) is 9. The van der Waals surface area contributed by atoms with Gasteiger partial charge >= 0.3 is 45.9 Å². The summed E-state index contributed by atoms with van der Waals surface area (Å²) in [4.78, 5) is 9.37. The van der Waals surface area contributed by atoms with E-state index in [0.717, 1.165) is 12.8 Å². The second-order valence-corrected chi connectivity index (χ2v) is 6.27. The summed E-state index contributed by atoms with van der Waals surface area (Å²) in [6.45, 7) is 3.91. The molecule has 0 amide bonds. The van der Waals surface area contributed by atoms with Gasteiger partial charge in [0, 0.05) is 6.42 Å². The maximum atomic E-state index is 10.2. The van der Waals surface area contributed by atoms with Crippen LogP contribution in [0.4, 0.5) is 0 Å². The van der Waals surface area contributed by atoms with Gasteiger partial charge in [0.05, 0.1) is 6.61 Å². The van der Waals surface area contributed by atoms with E-state index in [0.29, 0.717) is 6.42 Å². The van der Waals surface area contributed by atoms with E-state index in [-0.39, 0.29) is 48.1 Å². The van der Waals surface area contributed by atoms with Gasteiger partial charge in [-0.25, -0.2) is 4.18 Å². The summed E-state index contributed by atoms with van der Waals surface area (Å²) < 4.78 is 33.0. The first-order valence-corrected chi connectivity index (χ1v) is 9.53. The van der Waals surface area contributed by atoms with Crippen LogP contribution in [0.3, 0.4) is 0 Å². The maximum absolute atomic E-state index is 10.2. The van der Waals surface area contributed by atoms with Crippen LogP contribution in [0.1, 0.15) is 84.5 Å². The number of rotatable bonds is 13.